The van der Waals surface area contributed by atoms with E-state index in [1.165, 1.54) is 18.2 Å². The summed E-state index contributed by atoms with van der Waals surface area (Å²) in [7, 11) is 0. The smallest absolute Gasteiger partial charge is 0.259 e. The minimum atomic E-state index is -0.423. The highest BCUT2D eigenvalue weighted by molar-refractivity contribution is 6.33. The monoisotopic (exact) mass is 343 g/mol. The number of benzene rings is 1. The van der Waals surface area contributed by atoms with Crippen LogP contribution < -0.4 is 0 Å². The van der Waals surface area contributed by atoms with Crippen LogP contribution in [0.5, 0.6) is 0 Å². The van der Waals surface area contributed by atoms with E-state index in [0.717, 1.165) is 23.5 Å². The van der Waals surface area contributed by atoms with Gasteiger partial charge in [-0.3, -0.25) is 4.40 Å². The van der Waals surface area contributed by atoms with Crippen LogP contribution in [0.1, 0.15) is 12.7 Å². The Hall–Kier alpha value is -2.80. The molecule has 4 aromatic rings. The topological polar surface area (TPSA) is 69.1 Å². The molecule has 0 amide bonds. The van der Waals surface area contributed by atoms with Crippen molar-refractivity contribution in [1.82, 2.24) is 24.7 Å². The van der Waals surface area contributed by atoms with Crippen LogP contribution in [0.25, 0.3) is 28.5 Å². The molecular formula is C16H11ClFN5O. The maximum Gasteiger partial charge on any atom is 0.259 e. The molecule has 120 valence electrons. The minimum Gasteiger partial charge on any atom is -0.334 e. The normalized spacial score (nSPS) is 11.3. The van der Waals surface area contributed by atoms with Gasteiger partial charge in [-0.15, -0.1) is 10.2 Å². The van der Waals surface area contributed by atoms with Crippen LogP contribution in [0, 0.1) is 5.82 Å². The number of nitrogens with zero attached hydrogens (tertiary/aromatic N) is 5. The van der Waals surface area contributed by atoms with E-state index >= 15 is 0 Å². The Morgan fingerprint density at radius 2 is 2.08 bits per heavy atom. The van der Waals surface area contributed by atoms with Crippen molar-refractivity contribution in [2.75, 3.05) is 0 Å². The van der Waals surface area contributed by atoms with E-state index in [-0.39, 0.29) is 5.89 Å². The molecule has 24 heavy (non-hydrogen) atoms. The average Bonchev–Trinajstić information content (AvgIpc) is 3.23. The minimum absolute atomic E-state index is 0.161. The van der Waals surface area contributed by atoms with Gasteiger partial charge < -0.3 is 4.52 Å². The lowest BCUT2D eigenvalue weighted by Crippen LogP contribution is -1.93. The van der Waals surface area contributed by atoms with Crippen molar-refractivity contribution >= 4 is 17.2 Å². The molecule has 0 aliphatic heterocycles. The van der Waals surface area contributed by atoms with Crippen molar-refractivity contribution in [3.05, 3.63) is 53.2 Å². The van der Waals surface area contributed by atoms with Crippen molar-refractivity contribution < 1.29 is 8.91 Å². The molecule has 0 saturated carbocycles. The molecule has 0 radical (unpaired) electrons. The van der Waals surface area contributed by atoms with Crippen molar-refractivity contribution in [3.8, 4) is 22.8 Å². The van der Waals surface area contributed by atoms with Gasteiger partial charge in [0.2, 0.25) is 5.82 Å². The SMILES string of the molecule is CCc1nnc2ccc(-c3noc(-c4cc(F)ccc4Cl)n3)cn12. The number of fused-ring (bicyclic) bond motifs is 1. The summed E-state index contributed by atoms with van der Waals surface area (Å²) in [5.74, 6) is 0.952. The zero-order valence-corrected chi connectivity index (χ0v) is 13.3. The number of rotatable bonds is 3. The van der Waals surface area contributed by atoms with Gasteiger partial charge in [-0.05, 0) is 30.3 Å². The fourth-order valence-electron chi connectivity index (χ4n) is 2.42. The number of hydrogen-bond acceptors (Lipinski definition) is 5. The molecule has 8 heteroatoms. The van der Waals surface area contributed by atoms with E-state index < -0.39 is 5.82 Å². The highest BCUT2D eigenvalue weighted by Crippen LogP contribution is 2.29. The Morgan fingerprint density at radius 3 is 2.92 bits per heavy atom. The van der Waals surface area contributed by atoms with Gasteiger partial charge in [-0.25, -0.2) is 4.39 Å². The number of aromatic nitrogens is 5. The molecule has 0 aliphatic rings. The summed E-state index contributed by atoms with van der Waals surface area (Å²) in [4.78, 5) is 4.32. The summed E-state index contributed by atoms with van der Waals surface area (Å²) in [6, 6.07) is 7.64. The highest BCUT2D eigenvalue weighted by atomic mass is 35.5. The first-order valence-corrected chi connectivity index (χ1v) is 7.66. The van der Waals surface area contributed by atoms with Crippen LogP contribution in [0.15, 0.2) is 41.1 Å². The zero-order chi connectivity index (χ0) is 16.7. The number of halogens is 2. The van der Waals surface area contributed by atoms with Crippen LogP contribution in [-0.4, -0.2) is 24.7 Å². The quantitative estimate of drug-likeness (QED) is 0.566. The Kier molecular flexibility index (Phi) is 3.50. The van der Waals surface area contributed by atoms with Gasteiger partial charge in [0.05, 0.1) is 10.6 Å². The molecule has 0 spiro atoms. The summed E-state index contributed by atoms with van der Waals surface area (Å²) in [5, 5.41) is 12.5. The number of pyridine rings is 1. The van der Waals surface area contributed by atoms with Crippen LogP contribution >= 0.6 is 11.6 Å². The Labute approximate surface area is 140 Å². The van der Waals surface area contributed by atoms with Crippen molar-refractivity contribution in [2.24, 2.45) is 0 Å². The summed E-state index contributed by atoms with van der Waals surface area (Å²) in [6.07, 6.45) is 2.59. The van der Waals surface area contributed by atoms with Crippen LogP contribution in [0.2, 0.25) is 5.02 Å². The average molecular weight is 344 g/mol. The molecular weight excluding hydrogens is 333 g/mol. The van der Waals surface area contributed by atoms with E-state index in [1.54, 1.807) is 0 Å². The van der Waals surface area contributed by atoms with Crippen molar-refractivity contribution in [1.29, 1.82) is 0 Å². The first-order valence-electron chi connectivity index (χ1n) is 7.29. The maximum absolute atomic E-state index is 13.4. The predicted octanol–water partition coefficient (Wildman–Crippen LogP) is 3.80. The zero-order valence-electron chi connectivity index (χ0n) is 12.6. The fraction of sp³-hybridized carbons (Fsp3) is 0.125. The first-order chi connectivity index (χ1) is 11.7. The van der Waals surface area contributed by atoms with Gasteiger partial charge in [0.25, 0.3) is 5.89 Å². The Morgan fingerprint density at radius 1 is 1.21 bits per heavy atom. The van der Waals surface area contributed by atoms with E-state index in [9.17, 15) is 4.39 Å². The van der Waals surface area contributed by atoms with Crippen LogP contribution in [0.4, 0.5) is 4.39 Å². The molecule has 0 atom stereocenters. The third-order valence-corrected chi connectivity index (χ3v) is 3.96. The third kappa shape index (κ3) is 2.43. The second-order valence-electron chi connectivity index (χ2n) is 5.16. The van der Waals surface area contributed by atoms with Gasteiger partial charge in [-0.2, -0.15) is 4.98 Å². The molecule has 3 heterocycles. The van der Waals surface area contributed by atoms with Gasteiger partial charge in [0.1, 0.15) is 11.6 Å². The molecule has 0 N–H and O–H groups in total. The lowest BCUT2D eigenvalue weighted by molar-refractivity contribution is 0.432. The molecule has 0 fully saturated rings. The summed E-state index contributed by atoms with van der Waals surface area (Å²) < 4.78 is 20.5. The predicted molar refractivity (Wildman–Crippen MR) is 86.1 cm³/mol. The van der Waals surface area contributed by atoms with E-state index in [2.05, 4.69) is 20.3 Å². The van der Waals surface area contributed by atoms with E-state index in [4.69, 9.17) is 16.1 Å². The first kappa shape index (κ1) is 14.8. The van der Waals surface area contributed by atoms with Gasteiger partial charge >= 0.3 is 0 Å². The van der Waals surface area contributed by atoms with Crippen molar-refractivity contribution in [2.45, 2.75) is 13.3 Å². The molecule has 0 aliphatic carbocycles. The second kappa shape index (κ2) is 5.68. The summed E-state index contributed by atoms with van der Waals surface area (Å²) in [6.45, 7) is 2.00. The standard InChI is InChI=1S/C16H11ClFN5O/c1-2-13-20-21-14-6-3-9(8-23(13)14)15-19-16(24-22-15)11-7-10(18)4-5-12(11)17/h3-8H,2H2,1H3. The number of hydrogen-bond donors (Lipinski definition) is 0. The number of aryl methyl sites for hydroxylation is 1. The third-order valence-electron chi connectivity index (χ3n) is 3.63. The molecule has 6 nitrogen and oxygen atoms in total. The molecule has 0 saturated heterocycles. The molecule has 3 aromatic heterocycles. The fourth-order valence-corrected chi connectivity index (χ4v) is 2.62. The lowest BCUT2D eigenvalue weighted by atomic mass is 10.2. The van der Waals surface area contributed by atoms with Gasteiger partial charge in [-0.1, -0.05) is 23.7 Å². The Balaban J connectivity index is 1.78. The molecule has 0 bridgehead atoms. The summed E-state index contributed by atoms with van der Waals surface area (Å²) in [5.41, 5.74) is 1.84. The van der Waals surface area contributed by atoms with Gasteiger partial charge in [0.15, 0.2) is 5.65 Å². The lowest BCUT2D eigenvalue weighted by Gasteiger charge is -1.99. The maximum atomic E-state index is 13.4. The highest BCUT2D eigenvalue weighted by Gasteiger charge is 2.15. The largest absolute Gasteiger partial charge is 0.334 e. The van der Waals surface area contributed by atoms with Crippen LogP contribution in [-0.2, 0) is 6.42 Å². The molecule has 4 rings (SSSR count). The molecule has 1 aromatic carbocycles. The molecule has 0 unspecified atom stereocenters. The second-order valence-corrected chi connectivity index (χ2v) is 5.57. The Bertz CT molecular complexity index is 1040. The summed E-state index contributed by atoms with van der Waals surface area (Å²) >= 11 is 6.07. The van der Waals surface area contributed by atoms with E-state index in [1.807, 2.05) is 29.7 Å². The van der Waals surface area contributed by atoms with Gasteiger partial charge in [0, 0.05) is 18.2 Å². The van der Waals surface area contributed by atoms with Crippen LogP contribution in [0.3, 0.4) is 0 Å². The van der Waals surface area contributed by atoms with E-state index in [0.29, 0.717) is 16.4 Å². The van der Waals surface area contributed by atoms with Crippen molar-refractivity contribution in [3.63, 3.8) is 0 Å².